The Labute approximate surface area is 158 Å². The van der Waals surface area contributed by atoms with Gasteiger partial charge in [0.1, 0.15) is 5.82 Å². The Morgan fingerprint density at radius 2 is 2.04 bits per heavy atom. The van der Waals surface area contributed by atoms with E-state index in [9.17, 15) is 4.79 Å². The number of H-pyrrole nitrogens is 1. The van der Waals surface area contributed by atoms with Crippen LogP contribution in [0.2, 0.25) is 0 Å². The molecule has 2 fully saturated rings. The third-order valence-corrected chi connectivity index (χ3v) is 6.05. The quantitative estimate of drug-likeness (QED) is 0.755. The molecule has 0 bridgehead atoms. The van der Waals surface area contributed by atoms with Crippen LogP contribution in [0, 0.1) is 18.8 Å². The molecular weight excluding hydrogens is 336 g/mol. The number of aryl methyl sites for hydroxylation is 1. The molecule has 27 heavy (non-hydrogen) atoms. The van der Waals surface area contributed by atoms with Gasteiger partial charge >= 0.3 is 0 Å². The highest BCUT2D eigenvalue weighted by molar-refractivity contribution is 5.82. The molecule has 2 aliphatic rings. The third-order valence-electron chi connectivity index (χ3n) is 6.05. The first-order valence-corrected chi connectivity index (χ1v) is 9.69. The lowest BCUT2D eigenvalue weighted by atomic mass is 9.89. The van der Waals surface area contributed by atoms with Gasteiger partial charge in [0.25, 0.3) is 0 Å². The van der Waals surface area contributed by atoms with Gasteiger partial charge in [-0.25, -0.2) is 4.98 Å². The van der Waals surface area contributed by atoms with Gasteiger partial charge in [0.2, 0.25) is 5.91 Å². The molecule has 0 spiro atoms. The van der Waals surface area contributed by atoms with E-state index in [-0.39, 0.29) is 11.9 Å². The largest absolute Gasteiger partial charge is 0.342 e. The molecule has 2 aromatic carbocycles. The van der Waals surface area contributed by atoms with Gasteiger partial charge in [0.05, 0.1) is 23.5 Å². The van der Waals surface area contributed by atoms with E-state index in [4.69, 9.17) is 0 Å². The molecule has 1 amide bonds. The second kappa shape index (κ2) is 6.50. The lowest BCUT2D eigenvalue weighted by Crippen LogP contribution is -2.35. The van der Waals surface area contributed by atoms with Crippen LogP contribution in [0.15, 0.2) is 48.5 Å². The number of nitrogens with one attached hydrogen (secondary N) is 2. The fraction of sp³-hybridized carbons (Fsp3) is 0.364. The summed E-state index contributed by atoms with van der Waals surface area (Å²) in [5, 5.41) is 3.51. The van der Waals surface area contributed by atoms with E-state index >= 15 is 0 Å². The van der Waals surface area contributed by atoms with Crippen molar-refractivity contribution in [3.05, 3.63) is 65.5 Å². The monoisotopic (exact) mass is 360 g/mol. The minimum absolute atomic E-state index is 0.178. The molecule has 1 aromatic heterocycles. The first-order chi connectivity index (χ1) is 13.2. The zero-order valence-electron chi connectivity index (χ0n) is 15.5. The lowest BCUT2D eigenvalue weighted by Gasteiger charge is -2.28. The van der Waals surface area contributed by atoms with Gasteiger partial charge in [-0.1, -0.05) is 36.4 Å². The van der Waals surface area contributed by atoms with Gasteiger partial charge in [-0.05, 0) is 36.1 Å². The van der Waals surface area contributed by atoms with E-state index in [2.05, 4.69) is 50.5 Å². The van der Waals surface area contributed by atoms with E-state index in [1.165, 1.54) is 5.56 Å². The highest BCUT2D eigenvalue weighted by atomic mass is 16.2. The molecule has 3 heterocycles. The summed E-state index contributed by atoms with van der Waals surface area (Å²) in [6.07, 6.45) is 0.435. The normalized spacial score (nSPS) is 24.5. The van der Waals surface area contributed by atoms with Crippen molar-refractivity contribution in [1.82, 2.24) is 20.2 Å². The molecule has 0 aliphatic carbocycles. The molecule has 2 saturated heterocycles. The van der Waals surface area contributed by atoms with Gasteiger partial charge in [-0.15, -0.1) is 0 Å². The number of hydrogen-bond acceptors (Lipinski definition) is 3. The summed E-state index contributed by atoms with van der Waals surface area (Å²) in [6.45, 7) is 4.80. The van der Waals surface area contributed by atoms with Crippen molar-refractivity contribution >= 4 is 16.9 Å². The number of hydrogen-bond donors (Lipinski definition) is 2. The Bertz CT molecular complexity index is 980. The predicted octanol–water partition coefficient (Wildman–Crippen LogP) is 2.83. The molecule has 0 unspecified atom stereocenters. The van der Waals surface area contributed by atoms with Gasteiger partial charge in [0, 0.05) is 25.6 Å². The fourth-order valence-electron chi connectivity index (χ4n) is 4.82. The average Bonchev–Trinajstić information content (AvgIpc) is 3.34. The van der Waals surface area contributed by atoms with E-state index < -0.39 is 0 Å². The summed E-state index contributed by atoms with van der Waals surface area (Å²) < 4.78 is 0. The van der Waals surface area contributed by atoms with Crippen molar-refractivity contribution in [2.45, 2.75) is 19.4 Å². The molecule has 2 N–H and O–H groups in total. The summed E-state index contributed by atoms with van der Waals surface area (Å²) in [7, 11) is 0. The van der Waals surface area contributed by atoms with Crippen molar-refractivity contribution in [1.29, 1.82) is 0 Å². The van der Waals surface area contributed by atoms with Gasteiger partial charge in [-0.3, -0.25) is 4.79 Å². The number of imidazole rings is 1. The Hall–Kier alpha value is -2.66. The number of aromatic nitrogens is 2. The van der Waals surface area contributed by atoms with Gasteiger partial charge in [-0.2, -0.15) is 0 Å². The minimum atomic E-state index is 0.178. The van der Waals surface area contributed by atoms with Crippen LogP contribution in [0.4, 0.5) is 0 Å². The number of fused-ring (bicyclic) bond motifs is 2. The summed E-state index contributed by atoms with van der Waals surface area (Å²) in [5.74, 6) is 2.18. The van der Waals surface area contributed by atoms with Crippen molar-refractivity contribution in [2.24, 2.45) is 11.8 Å². The zero-order valence-corrected chi connectivity index (χ0v) is 15.5. The summed E-state index contributed by atoms with van der Waals surface area (Å²) in [5.41, 5.74) is 4.24. The first kappa shape index (κ1) is 16.5. The van der Waals surface area contributed by atoms with Crippen molar-refractivity contribution in [2.75, 3.05) is 19.6 Å². The summed E-state index contributed by atoms with van der Waals surface area (Å²) >= 11 is 0. The number of likely N-dealkylation sites (tertiary alicyclic amines) is 1. The van der Waals surface area contributed by atoms with Crippen molar-refractivity contribution < 1.29 is 4.79 Å². The number of carbonyl (C=O) groups is 1. The summed E-state index contributed by atoms with van der Waals surface area (Å²) in [6, 6.07) is 16.8. The number of rotatable bonds is 3. The fourth-order valence-corrected chi connectivity index (χ4v) is 4.82. The maximum Gasteiger partial charge on any atom is 0.227 e. The minimum Gasteiger partial charge on any atom is -0.342 e. The molecule has 5 rings (SSSR count). The SMILES string of the molecule is Cc1nc2ccc(CC(=O)N3C[C@@H]4CNC[C@@H]4[C@H]3c3ccccc3)cc2[nH]1. The van der Waals surface area contributed by atoms with Crippen LogP contribution in [-0.4, -0.2) is 40.4 Å². The van der Waals surface area contributed by atoms with Crippen molar-refractivity contribution in [3.8, 4) is 0 Å². The number of nitrogens with zero attached hydrogens (tertiary/aromatic N) is 2. The molecule has 0 saturated carbocycles. The topological polar surface area (TPSA) is 61.0 Å². The first-order valence-electron chi connectivity index (χ1n) is 9.69. The van der Waals surface area contributed by atoms with Gasteiger partial charge < -0.3 is 15.2 Å². The highest BCUT2D eigenvalue weighted by Gasteiger charge is 2.46. The van der Waals surface area contributed by atoms with Crippen LogP contribution in [-0.2, 0) is 11.2 Å². The van der Waals surface area contributed by atoms with Crippen LogP contribution < -0.4 is 5.32 Å². The van der Waals surface area contributed by atoms with E-state index in [0.29, 0.717) is 18.3 Å². The Morgan fingerprint density at radius 3 is 2.89 bits per heavy atom. The number of benzene rings is 2. The molecule has 5 nitrogen and oxygen atoms in total. The standard InChI is InChI=1S/C22H24N4O/c1-14-24-19-8-7-15(9-20(19)25-14)10-21(27)26-13-17-11-23-12-18(17)22(26)16-5-3-2-4-6-16/h2-9,17-18,22-23H,10-13H2,1H3,(H,24,25)/t17-,18-,22+/m0/s1. The third kappa shape index (κ3) is 2.92. The van der Waals surface area contributed by atoms with Crippen LogP contribution in [0.5, 0.6) is 0 Å². The van der Waals surface area contributed by atoms with Crippen molar-refractivity contribution in [3.63, 3.8) is 0 Å². The molecular formula is C22H24N4O. The average molecular weight is 360 g/mol. The Morgan fingerprint density at radius 1 is 1.19 bits per heavy atom. The molecule has 2 aliphatic heterocycles. The van der Waals surface area contributed by atoms with Crippen LogP contribution in [0.25, 0.3) is 11.0 Å². The van der Waals surface area contributed by atoms with E-state index in [1.54, 1.807) is 0 Å². The van der Waals surface area contributed by atoms with Crippen LogP contribution >= 0.6 is 0 Å². The Kier molecular flexibility index (Phi) is 3.97. The molecule has 5 heteroatoms. The molecule has 0 radical (unpaired) electrons. The number of aromatic amines is 1. The second-order valence-corrected chi connectivity index (χ2v) is 7.83. The lowest BCUT2D eigenvalue weighted by molar-refractivity contribution is -0.131. The smallest absolute Gasteiger partial charge is 0.227 e. The van der Waals surface area contributed by atoms with E-state index in [1.807, 2.05) is 25.1 Å². The Balaban J connectivity index is 1.42. The number of amides is 1. The maximum atomic E-state index is 13.3. The highest BCUT2D eigenvalue weighted by Crippen LogP contribution is 2.42. The van der Waals surface area contributed by atoms with Crippen LogP contribution in [0.1, 0.15) is 23.0 Å². The number of carbonyl (C=O) groups excluding carboxylic acids is 1. The van der Waals surface area contributed by atoms with Crippen LogP contribution in [0.3, 0.4) is 0 Å². The molecule has 3 aromatic rings. The second-order valence-electron chi connectivity index (χ2n) is 7.83. The van der Waals surface area contributed by atoms with Gasteiger partial charge in [0.15, 0.2) is 0 Å². The summed E-state index contributed by atoms with van der Waals surface area (Å²) in [4.78, 5) is 23.1. The predicted molar refractivity (Wildman–Crippen MR) is 105 cm³/mol. The molecule has 138 valence electrons. The van der Waals surface area contributed by atoms with E-state index in [0.717, 1.165) is 42.1 Å². The maximum absolute atomic E-state index is 13.3. The zero-order chi connectivity index (χ0) is 18.4. The molecule has 3 atom stereocenters.